The molecule has 0 aliphatic heterocycles. The summed E-state index contributed by atoms with van der Waals surface area (Å²) in [5.41, 5.74) is 1.30. The lowest BCUT2D eigenvalue weighted by molar-refractivity contribution is -0.154. The molecule has 1 aromatic heterocycles. The highest BCUT2D eigenvalue weighted by molar-refractivity contribution is 5.89. The summed E-state index contributed by atoms with van der Waals surface area (Å²) in [7, 11) is 0. The quantitative estimate of drug-likeness (QED) is 0.178. The van der Waals surface area contributed by atoms with Crippen molar-refractivity contribution in [2.45, 2.75) is 20.0 Å². The molecule has 0 N–H and O–H groups in total. The third-order valence-electron chi connectivity index (χ3n) is 5.03. The Labute approximate surface area is 198 Å². The maximum absolute atomic E-state index is 13.7. The Morgan fingerprint density at radius 2 is 1.49 bits per heavy atom. The lowest BCUT2D eigenvalue weighted by atomic mass is 10.1. The zero-order valence-corrected chi connectivity index (χ0v) is 18.7. The van der Waals surface area contributed by atoms with Crippen LogP contribution < -0.4 is 14.9 Å². The zero-order chi connectivity index (χ0) is 25.2. The molecule has 4 aromatic rings. The van der Waals surface area contributed by atoms with Gasteiger partial charge in [-0.05, 0) is 49.8 Å². The average molecular weight is 480 g/mol. The molecular formula is C27H19F3O5. The number of alkyl halides is 3. The van der Waals surface area contributed by atoms with Crippen molar-refractivity contribution < 1.29 is 31.9 Å². The number of benzene rings is 3. The molecule has 0 spiro atoms. The molecule has 0 amide bonds. The Balaban J connectivity index is 1.65. The first-order chi connectivity index (χ1) is 16.6. The normalized spacial score (nSPS) is 11.7. The van der Waals surface area contributed by atoms with Crippen molar-refractivity contribution in [1.82, 2.24) is 0 Å². The third-order valence-corrected chi connectivity index (χ3v) is 5.03. The Hall–Kier alpha value is -4.33. The maximum atomic E-state index is 13.7. The number of carbonyl (C=O) groups excluding carboxylic acids is 1. The van der Waals surface area contributed by atoms with Gasteiger partial charge in [-0.3, -0.25) is 4.79 Å². The highest BCUT2D eigenvalue weighted by atomic mass is 19.4. The first-order valence-corrected chi connectivity index (χ1v) is 10.5. The van der Waals surface area contributed by atoms with Gasteiger partial charge in [-0.2, -0.15) is 13.2 Å². The minimum absolute atomic E-state index is 0.0543. The van der Waals surface area contributed by atoms with E-state index in [0.29, 0.717) is 0 Å². The fourth-order valence-electron chi connectivity index (χ4n) is 3.22. The molecule has 8 heteroatoms. The highest BCUT2D eigenvalue weighted by Gasteiger charge is 2.40. The topological polar surface area (TPSA) is 65.7 Å². The molecule has 0 bridgehead atoms. The second kappa shape index (κ2) is 9.50. The van der Waals surface area contributed by atoms with Crippen molar-refractivity contribution in [3.63, 3.8) is 0 Å². The molecule has 3 aromatic carbocycles. The van der Waals surface area contributed by atoms with E-state index in [0.717, 1.165) is 22.8 Å². The molecule has 0 atom stereocenters. The Bertz CT molecular complexity index is 1460. The summed E-state index contributed by atoms with van der Waals surface area (Å²) in [6, 6.07) is 17.1. The summed E-state index contributed by atoms with van der Waals surface area (Å²) in [6.45, 7) is 3.74. The van der Waals surface area contributed by atoms with Gasteiger partial charge in [0.15, 0.2) is 0 Å². The van der Waals surface area contributed by atoms with E-state index in [9.17, 15) is 22.8 Å². The van der Waals surface area contributed by atoms with Crippen LogP contribution in [0, 0.1) is 13.8 Å². The van der Waals surface area contributed by atoms with Crippen LogP contribution in [0.1, 0.15) is 22.5 Å². The Kier molecular flexibility index (Phi) is 6.46. The van der Waals surface area contributed by atoms with Gasteiger partial charge in [0.25, 0.3) is 5.76 Å². The van der Waals surface area contributed by atoms with Gasteiger partial charge in [0, 0.05) is 12.1 Å². The Morgan fingerprint density at radius 3 is 2.11 bits per heavy atom. The van der Waals surface area contributed by atoms with Gasteiger partial charge in [-0.1, -0.05) is 47.5 Å². The number of carbonyl (C=O) groups is 1. The number of rotatable bonds is 5. The summed E-state index contributed by atoms with van der Waals surface area (Å²) in [6.07, 6.45) is -2.28. The van der Waals surface area contributed by atoms with Crippen LogP contribution in [-0.2, 0) is 11.0 Å². The summed E-state index contributed by atoms with van der Waals surface area (Å²) in [4.78, 5) is 25.0. The zero-order valence-electron chi connectivity index (χ0n) is 18.7. The maximum Gasteiger partial charge on any atom is 0.453 e. The summed E-state index contributed by atoms with van der Waals surface area (Å²) < 4.78 is 56.6. The predicted octanol–water partition coefficient (Wildman–Crippen LogP) is 6.84. The van der Waals surface area contributed by atoms with Crippen LogP contribution in [0.5, 0.6) is 17.2 Å². The standard InChI is InChI=1S/C27H19F3O5/c1-16-3-7-18(8-4-16)9-14-23(31)33-20-12-13-21-22(15-20)35-26(27(28,29)30)25(24(21)32)34-19-10-5-17(2)6-11-19/h3-15H,1-2H3. The fourth-order valence-corrected chi connectivity index (χ4v) is 3.22. The molecule has 0 aliphatic carbocycles. The monoisotopic (exact) mass is 480 g/mol. The predicted molar refractivity (Wildman–Crippen MR) is 125 cm³/mol. The fraction of sp³-hybridized carbons (Fsp3) is 0.111. The minimum atomic E-state index is -5.00. The largest absolute Gasteiger partial charge is 0.453 e. The van der Waals surface area contributed by atoms with Crippen LogP contribution >= 0.6 is 0 Å². The second-order valence-corrected chi connectivity index (χ2v) is 7.83. The van der Waals surface area contributed by atoms with E-state index in [1.54, 1.807) is 25.1 Å². The first-order valence-electron chi connectivity index (χ1n) is 10.5. The molecule has 0 aliphatic rings. The van der Waals surface area contributed by atoms with Crippen LogP contribution in [0.25, 0.3) is 17.0 Å². The summed E-state index contributed by atoms with van der Waals surface area (Å²) in [5, 5.41) is -0.157. The number of aryl methyl sites for hydroxylation is 2. The van der Waals surface area contributed by atoms with Crippen molar-refractivity contribution >= 4 is 23.0 Å². The lowest BCUT2D eigenvalue weighted by Gasteiger charge is -2.13. The van der Waals surface area contributed by atoms with Crippen molar-refractivity contribution in [3.8, 4) is 17.2 Å². The summed E-state index contributed by atoms with van der Waals surface area (Å²) in [5.74, 6) is -3.33. The number of fused-ring (bicyclic) bond motifs is 1. The van der Waals surface area contributed by atoms with Crippen LogP contribution in [0.3, 0.4) is 0 Å². The van der Waals surface area contributed by atoms with E-state index in [1.807, 2.05) is 31.2 Å². The number of esters is 1. The smallest absolute Gasteiger partial charge is 0.449 e. The van der Waals surface area contributed by atoms with Gasteiger partial charge in [-0.15, -0.1) is 0 Å². The van der Waals surface area contributed by atoms with E-state index in [4.69, 9.17) is 13.9 Å². The van der Waals surface area contributed by atoms with Crippen LogP contribution in [0.15, 0.2) is 82.0 Å². The van der Waals surface area contributed by atoms with Crippen LogP contribution in [0.2, 0.25) is 0 Å². The third kappa shape index (κ3) is 5.60. The van der Waals surface area contributed by atoms with Gasteiger partial charge >= 0.3 is 12.1 Å². The highest BCUT2D eigenvalue weighted by Crippen LogP contribution is 2.38. The van der Waals surface area contributed by atoms with Gasteiger partial charge < -0.3 is 13.9 Å². The van der Waals surface area contributed by atoms with E-state index in [1.165, 1.54) is 30.3 Å². The van der Waals surface area contributed by atoms with Crippen molar-refractivity contribution in [3.05, 3.63) is 105 Å². The number of ether oxygens (including phenoxy) is 2. The molecule has 0 radical (unpaired) electrons. The average Bonchev–Trinajstić information content (AvgIpc) is 2.81. The van der Waals surface area contributed by atoms with E-state index in [2.05, 4.69) is 0 Å². The van der Waals surface area contributed by atoms with E-state index in [-0.39, 0.29) is 16.9 Å². The first kappa shape index (κ1) is 23.8. The van der Waals surface area contributed by atoms with E-state index < -0.39 is 34.7 Å². The molecule has 1 heterocycles. The van der Waals surface area contributed by atoms with Gasteiger partial charge in [0.05, 0.1) is 5.39 Å². The Morgan fingerprint density at radius 1 is 0.886 bits per heavy atom. The van der Waals surface area contributed by atoms with Gasteiger partial charge in [-0.25, -0.2) is 4.79 Å². The molecule has 5 nitrogen and oxygen atoms in total. The molecule has 0 unspecified atom stereocenters. The molecule has 178 valence electrons. The van der Waals surface area contributed by atoms with Crippen LogP contribution in [0.4, 0.5) is 13.2 Å². The molecule has 0 saturated carbocycles. The van der Waals surface area contributed by atoms with Crippen LogP contribution in [-0.4, -0.2) is 5.97 Å². The van der Waals surface area contributed by atoms with Crippen molar-refractivity contribution in [2.75, 3.05) is 0 Å². The van der Waals surface area contributed by atoms with Gasteiger partial charge in [0.1, 0.15) is 17.1 Å². The molecule has 35 heavy (non-hydrogen) atoms. The number of hydrogen-bond acceptors (Lipinski definition) is 5. The SMILES string of the molecule is Cc1ccc(C=CC(=O)Oc2ccc3c(=O)c(Oc4ccc(C)cc4)c(C(F)(F)F)oc3c2)cc1. The van der Waals surface area contributed by atoms with Gasteiger partial charge in [0.2, 0.25) is 11.2 Å². The lowest BCUT2D eigenvalue weighted by Crippen LogP contribution is -2.15. The van der Waals surface area contributed by atoms with Crippen molar-refractivity contribution in [2.24, 2.45) is 0 Å². The second-order valence-electron chi connectivity index (χ2n) is 7.83. The summed E-state index contributed by atoms with van der Waals surface area (Å²) >= 11 is 0. The van der Waals surface area contributed by atoms with E-state index >= 15 is 0 Å². The molecular weight excluding hydrogens is 461 g/mol. The molecule has 4 rings (SSSR count). The van der Waals surface area contributed by atoms with Crippen molar-refractivity contribution in [1.29, 1.82) is 0 Å². The number of hydrogen-bond donors (Lipinski definition) is 0. The molecule has 0 saturated heterocycles. The number of halogens is 3. The molecule has 0 fully saturated rings. The minimum Gasteiger partial charge on any atom is -0.449 e.